The molecule has 0 aromatic heterocycles. The Morgan fingerprint density at radius 2 is 1.60 bits per heavy atom. The molecule has 0 radical (unpaired) electrons. The van der Waals surface area contributed by atoms with Gasteiger partial charge in [-0.1, -0.05) is 19.9 Å². The largest absolute Gasteiger partial charge is 0.379 e. The van der Waals surface area contributed by atoms with Crippen LogP contribution < -0.4 is 0 Å². The number of aryl methyl sites for hydroxylation is 3. The van der Waals surface area contributed by atoms with Crippen LogP contribution in [-0.2, 0) is 9.47 Å². The molecule has 1 rings (SSSR count). The van der Waals surface area contributed by atoms with Crippen molar-refractivity contribution in [3.63, 3.8) is 0 Å². The molecular weight excluding hydrogens is 252 g/mol. The van der Waals surface area contributed by atoms with E-state index in [0.29, 0.717) is 19.1 Å². The van der Waals surface area contributed by atoms with Crippen LogP contribution >= 0.6 is 0 Å². The van der Waals surface area contributed by atoms with E-state index < -0.39 is 0 Å². The van der Waals surface area contributed by atoms with Gasteiger partial charge < -0.3 is 9.47 Å². The van der Waals surface area contributed by atoms with Gasteiger partial charge in [0.1, 0.15) is 6.61 Å². The third-order valence-corrected chi connectivity index (χ3v) is 3.20. The Bertz CT molecular complexity index is 450. The van der Waals surface area contributed by atoms with E-state index in [1.165, 1.54) is 5.56 Å². The molecule has 20 heavy (non-hydrogen) atoms. The van der Waals surface area contributed by atoms with E-state index in [1.54, 1.807) is 0 Å². The van der Waals surface area contributed by atoms with Gasteiger partial charge >= 0.3 is 0 Å². The maximum absolute atomic E-state index is 12.1. The summed E-state index contributed by atoms with van der Waals surface area (Å²) in [4.78, 5) is 12.1. The van der Waals surface area contributed by atoms with Gasteiger partial charge in [0.15, 0.2) is 5.78 Å². The van der Waals surface area contributed by atoms with E-state index in [1.807, 2.05) is 26.0 Å². The molecule has 0 atom stereocenters. The molecule has 0 aliphatic heterocycles. The average Bonchev–Trinajstić information content (AvgIpc) is 2.37. The van der Waals surface area contributed by atoms with Gasteiger partial charge in [-0.2, -0.15) is 0 Å². The van der Waals surface area contributed by atoms with E-state index in [2.05, 4.69) is 20.8 Å². The van der Waals surface area contributed by atoms with Crippen LogP contribution in [0.3, 0.4) is 0 Å². The quantitative estimate of drug-likeness (QED) is 0.539. The summed E-state index contributed by atoms with van der Waals surface area (Å²) in [5, 5.41) is 0. The summed E-state index contributed by atoms with van der Waals surface area (Å²) in [6, 6.07) is 4.00. The zero-order valence-corrected chi connectivity index (χ0v) is 13.3. The lowest BCUT2D eigenvalue weighted by Gasteiger charge is -2.10. The van der Waals surface area contributed by atoms with Gasteiger partial charge in [-0.15, -0.1) is 0 Å². The minimum Gasteiger partial charge on any atom is -0.379 e. The summed E-state index contributed by atoms with van der Waals surface area (Å²) in [5.74, 6) is 0.560. The van der Waals surface area contributed by atoms with Crippen molar-refractivity contribution in [2.75, 3.05) is 26.4 Å². The molecule has 0 amide bonds. The molecule has 0 bridgehead atoms. The lowest BCUT2D eigenvalue weighted by Crippen LogP contribution is -2.15. The maximum atomic E-state index is 12.1. The second kappa shape index (κ2) is 8.18. The van der Waals surface area contributed by atoms with Gasteiger partial charge in [0, 0.05) is 12.2 Å². The molecule has 0 spiro atoms. The summed E-state index contributed by atoms with van der Waals surface area (Å²) in [6.07, 6.45) is 0. The van der Waals surface area contributed by atoms with Gasteiger partial charge in [0.05, 0.1) is 13.2 Å². The van der Waals surface area contributed by atoms with Crippen molar-refractivity contribution in [2.45, 2.75) is 34.6 Å². The highest BCUT2D eigenvalue weighted by Crippen LogP contribution is 2.15. The smallest absolute Gasteiger partial charge is 0.188 e. The van der Waals surface area contributed by atoms with Crippen molar-refractivity contribution >= 4 is 5.78 Å². The molecule has 0 aliphatic carbocycles. The molecule has 0 saturated heterocycles. The second-order valence-corrected chi connectivity index (χ2v) is 5.70. The van der Waals surface area contributed by atoms with Crippen molar-refractivity contribution in [3.05, 3.63) is 34.4 Å². The first-order valence-electron chi connectivity index (χ1n) is 7.18. The van der Waals surface area contributed by atoms with Crippen LogP contribution in [0.2, 0.25) is 0 Å². The highest BCUT2D eigenvalue weighted by Gasteiger charge is 2.10. The number of hydrogen-bond acceptors (Lipinski definition) is 3. The monoisotopic (exact) mass is 278 g/mol. The Hall–Kier alpha value is -1.19. The molecular formula is C17H26O3. The lowest BCUT2D eigenvalue weighted by atomic mass is 9.98. The number of Topliss-reactive ketones (excluding diaryl/α,β-unsaturated/α-hetero) is 1. The molecule has 1 aromatic carbocycles. The van der Waals surface area contributed by atoms with Crippen LogP contribution in [0.15, 0.2) is 12.1 Å². The van der Waals surface area contributed by atoms with Crippen LogP contribution in [-0.4, -0.2) is 32.2 Å². The van der Waals surface area contributed by atoms with Gasteiger partial charge in [-0.05, 0) is 49.4 Å². The van der Waals surface area contributed by atoms with Crippen LogP contribution in [0.25, 0.3) is 0 Å². The Morgan fingerprint density at radius 1 is 1.00 bits per heavy atom. The summed E-state index contributed by atoms with van der Waals surface area (Å²) in [5.41, 5.74) is 4.12. The van der Waals surface area contributed by atoms with Gasteiger partial charge in [0.25, 0.3) is 0 Å². The first-order valence-corrected chi connectivity index (χ1v) is 7.18. The van der Waals surface area contributed by atoms with E-state index in [-0.39, 0.29) is 12.4 Å². The second-order valence-electron chi connectivity index (χ2n) is 5.70. The molecule has 3 heteroatoms. The number of carbonyl (C=O) groups is 1. The highest BCUT2D eigenvalue weighted by molar-refractivity contribution is 5.98. The third kappa shape index (κ3) is 5.43. The Balaban J connectivity index is 2.38. The van der Waals surface area contributed by atoms with E-state index >= 15 is 0 Å². The summed E-state index contributed by atoms with van der Waals surface area (Å²) in [7, 11) is 0. The van der Waals surface area contributed by atoms with Gasteiger partial charge in [0.2, 0.25) is 0 Å². The topological polar surface area (TPSA) is 35.5 Å². The average molecular weight is 278 g/mol. The molecule has 0 fully saturated rings. The molecule has 0 unspecified atom stereocenters. The van der Waals surface area contributed by atoms with E-state index in [4.69, 9.17) is 9.47 Å². The Labute approximate surface area is 122 Å². The minimum absolute atomic E-state index is 0.0365. The van der Waals surface area contributed by atoms with Gasteiger partial charge in [-0.3, -0.25) is 4.79 Å². The fraction of sp³-hybridized carbons (Fsp3) is 0.588. The van der Waals surface area contributed by atoms with E-state index in [0.717, 1.165) is 23.3 Å². The third-order valence-electron chi connectivity index (χ3n) is 3.20. The van der Waals surface area contributed by atoms with Crippen molar-refractivity contribution in [1.82, 2.24) is 0 Å². The number of rotatable bonds is 8. The molecule has 1 aromatic rings. The van der Waals surface area contributed by atoms with Gasteiger partial charge in [-0.25, -0.2) is 0 Å². The molecule has 112 valence electrons. The fourth-order valence-corrected chi connectivity index (χ4v) is 1.94. The minimum atomic E-state index is 0.0365. The molecule has 0 N–H and O–H groups in total. The summed E-state index contributed by atoms with van der Waals surface area (Å²) < 4.78 is 10.8. The first kappa shape index (κ1) is 16.9. The maximum Gasteiger partial charge on any atom is 0.188 e. The SMILES string of the molecule is Cc1cc(C)c(C(=O)COCCOCC(C)C)cc1C. The van der Waals surface area contributed by atoms with Crippen LogP contribution in [0.1, 0.15) is 40.9 Å². The van der Waals surface area contributed by atoms with Crippen molar-refractivity contribution in [1.29, 1.82) is 0 Å². The Kier molecular flexibility index (Phi) is 6.89. The number of ether oxygens (including phenoxy) is 2. The number of hydrogen-bond donors (Lipinski definition) is 0. The summed E-state index contributed by atoms with van der Waals surface area (Å²) >= 11 is 0. The predicted molar refractivity (Wildman–Crippen MR) is 81.5 cm³/mol. The Morgan fingerprint density at radius 3 is 2.25 bits per heavy atom. The standard InChI is InChI=1S/C17H26O3/c1-12(2)10-19-6-7-20-11-17(18)16-9-14(4)13(3)8-15(16)5/h8-9,12H,6-7,10-11H2,1-5H3. The van der Waals surface area contributed by atoms with Crippen LogP contribution in [0.4, 0.5) is 0 Å². The highest BCUT2D eigenvalue weighted by atomic mass is 16.5. The molecule has 0 saturated carbocycles. The number of ketones is 1. The van der Waals surface area contributed by atoms with Crippen molar-refractivity contribution < 1.29 is 14.3 Å². The molecule has 0 aliphatic rings. The number of carbonyl (C=O) groups excluding carboxylic acids is 1. The van der Waals surface area contributed by atoms with Crippen molar-refractivity contribution in [2.24, 2.45) is 5.92 Å². The van der Waals surface area contributed by atoms with E-state index in [9.17, 15) is 4.79 Å². The molecule has 0 heterocycles. The zero-order valence-electron chi connectivity index (χ0n) is 13.3. The zero-order chi connectivity index (χ0) is 15.1. The van der Waals surface area contributed by atoms with Crippen molar-refractivity contribution in [3.8, 4) is 0 Å². The lowest BCUT2D eigenvalue weighted by molar-refractivity contribution is 0.0363. The summed E-state index contributed by atoms with van der Waals surface area (Å²) in [6.45, 7) is 12.1. The first-order chi connectivity index (χ1) is 9.41. The fourth-order valence-electron chi connectivity index (χ4n) is 1.94. The normalized spacial score (nSPS) is 11.1. The number of benzene rings is 1. The van der Waals surface area contributed by atoms with Crippen LogP contribution in [0.5, 0.6) is 0 Å². The van der Waals surface area contributed by atoms with Crippen LogP contribution in [0, 0.1) is 26.7 Å². The predicted octanol–water partition coefficient (Wildman–Crippen LogP) is 3.48. The molecule has 3 nitrogen and oxygen atoms in total.